The molecule has 0 fully saturated rings. The Morgan fingerprint density at radius 3 is 2.55 bits per heavy atom. The van der Waals surface area contributed by atoms with Gasteiger partial charge in [-0.15, -0.1) is 0 Å². The summed E-state index contributed by atoms with van der Waals surface area (Å²) in [5, 5.41) is 1.45. The Hall–Kier alpha value is -3.65. The van der Waals surface area contributed by atoms with Gasteiger partial charge in [-0.2, -0.15) is 0 Å². The zero-order valence-electron chi connectivity index (χ0n) is 16.5. The van der Waals surface area contributed by atoms with Gasteiger partial charge in [-0.05, 0) is 23.1 Å². The molecule has 1 aromatic heterocycles. The molecule has 0 saturated heterocycles. The van der Waals surface area contributed by atoms with Crippen LogP contribution in [0.25, 0.3) is 10.8 Å². The van der Waals surface area contributed by atoms with Crippen LogP contribution in [-0.4, -0.2) is 30.5 Å². The van der Waals surface area contributed by atoms with Crippen molar-refractivity contribution in [1.82, 2.24) is 9.55 Å². The summed E-state index contributed by atoms with van der Waals surface area (Å²) in [5.41, 5.74) is 1.60. The van der Waals surface area contributed by atoms with E-state index in [4.69, 9.17) is 4.74 Å². The summed E-state index contributed by atoms with van der Waals surface area (Å²) >= 11 is 0. The minimum Gasteiger partial charge on any atom is -0.456 e. The molecule has 1 aliphatic rings. The Morgan fingerprint density at radius 1 is 0.968 bits per heavy atom. The first-order valence-electron chi connectivity index (χ1n) is 9.78. The summed E-state index contributed by atoms with van der Waals surface area (Å²) in [6, 6.07) is 20.3. The van der Waals surface area contributed by atoms with Crippen LogP contribution in [0.3, 0.4) is 0 Å². The van der Waals surface area contributed by atoms with E-state index >= 15 is 0 Å². The molecule has 31 heavy (non-hydrogen) atoms. The average molecular weight is 433 g/mol. The molecule has 0 saturated carbocycles. The van der Waals surface area contributed by atoms with Crippen molar-refractivity contribution in [2.45, 2.75) is 18.0 Å². The topological polar surface area (TPSA) is 81.5 Å². The molecule has 0 radical (unpaired) electrons. The third-order valence-electron chi connectivity index (χ3n) is 5.31. The van der Waals surface area contributed by atoms with Crippen LogP contribution in [0, 0.1) is 0 Å². The monoisotopic (exact) mass is 433 g/mol. The number of hydrogen-bond donors (Lipinski definition) is 0. The number of rotatable bonds is 6. The third-order valence-corrected chi connectivity index (χ3v) is 7.12. The molecule has 8 heteroatoms. The highest BCUT2D eigenvalue weighted by Crippen LogP contribution is 2.41. The van der Waals surface area contributed by atoms with E-state index in [2.05, 4.69) is 4.98 Å². The van der Waals surface area contributed by atoms with Crippen molar-refractivity contribution in [3.63, 3.8) is 0 Å². The second-order valence-electron chi connectivity index (χ2n) is 7.26. The van der Waals surface area contributed by atoms with Crippen molar-refractivity contribution in [3.8, 4) is 0 Å². The molecule has 156 valence electrons. The van der Waals surface area contributed by atoms with E-state index < -0.39 is 22.5 Å². The molecule has 7 nitrogen and oxygen atoms in total. The molecule has 0 aliphatic carbocycles. The Balaban J connectivity index is 1.31. The molecule has 0 amide bonds. The SMILES string of the molecule is O=C(CN1c2cccc3cccc(c23)S1(=O)=O)OCc1nccn1Cc1ccccc1. The number of imidazole rings is 1. The van der Waals surface area contributed by atoms with E-state index in [1.165, 1.54) is 0 Å². The minimum absolute atomic E-state index is 0.0380. The van der Waals surface area contributed by atoms with Crippen molar-refractivity contribution in [2.24, 2.45) is 0 Å². The fraction of sp³-hybridized carbons (Fsp3) is 0.130. The van der Waals surface area contributed by atoms with Crippen LogP contribution in [-0.2, 0) is 32.7 Å². The molecule has 0 unspecified atom stereocenters. The summed E-state index contributed by atoms with van der Waals surface area (Å²) in [6.07, 6.45) is 3.47. The average Bonchev–Trinajstić information content (AvgIpc) is 3.30. The van der Waals surface area contributed by atoms with Crippen LogP contribution >= 0.6 is 0 Å². The molecule has 2 heterocycles. The third kappa shape index (κ3) is 3.44. The van der Waals surface area contributed by atoms with Crippen LogP contribution in [0.2, 0.25) is 0 Å². The lowest BCUT2D eigenvalue weighted by Gasteiger charge is -2.18. The Labute approximate surface area is 179 Å². The standard InChI is InChI=1S/C23H19N3O4S/c27-22(30-16-21-24-12-13-25(21)14-17-6-2-1-3-7-17)15-26-19-10-4-8-18-9-5-11-20(23(18)19)31(26,28)29/h1-13H,14-16H2. The van der Waals surface area contributed by atoms with Gasteiger partial charge < -0.3 is 9.30 Å². The summed E-state index contributed by atoms with van der Waals surface area (Å²) in [4.78, 5) is 17.0. The van der Waals surface area contributed by atoms with Crippen molar-refractivity contribution < 1.29 is 17.9 Å². The summed E-state index contributed by atoms with van der Waals surface area (Å²) in [7, 11) is -3.80. The van der Waals surface area contributed by atoms with Crippen LogP contribution in [0.1, 0.15) is 11.4 Å². The number of ether oxygens (including phenoxy) is 1. The first-order chi connectivity index (χ1) is 15.0. The molecule has 0 N–H and O–H groups in total. The molecule has 5 rings (SSSR count). The molecule has 4 aromatic rings. The van der Waals surface area contributed by atoms with Gasteiger partial charge in [0.15, 0.2) is 0 Å². The van der Waals surface area contributed by atoms with E-state index in [-0.39, 0.29) is 11.5 Å². The van der Waals surface area contributed by atoms with E-state index in [0.29, 0.717) is 23.4 Å². The number of benzene rings is 3. The lowest BCUT2D eigenvalue weighted by Crippen LogP contribution is -2.33. The second kappa shape index (κ2) is 7.55. The Bertz CT molecular complexity index is 1380. The van der Waals surface area contributed by atoms with Crippen molar-refractivity contribution in [2.75, 3.05) is 10.8 Å². The first-order valence-corrected chi connectivity index (χ1v) is 11.2. The number of nitrogens with zero attached hydrogens (tertiary/aromatic N) is 3. The Kier molecular flexibility index (Phi) is 4.71. The van der Waals surface area contributed by atoms with Gasteiger partial charge in [0.25, 0.3) is 10.0 Å². The van der Waals surface area contributed by atoms with Gasteiger partial charge in [-0.3, -0.25) is 9.10 Å². The maximum Gasteiger partial charge on any atom is 0.327 e. The van der Waals surface area contributed by atoms with Crippen LogP contribution in [0.4, 0.5) is 5.69 Å². The molecule has 0 atom stereocenters. The van der Waals surface area contributed by atoms with Gasteiger partial charge in [0.1, 0.15) is 19.0 Å². The summed E-state index contributed by atoms with van der Waals surface area (Å²) in [6.45, 7) is 0.171. The highest BCUT2D eigenvalue weighted by atomic mass is 32.2. The lowest BCUT2D eigenvalue weighted by atomic mass is 10.1. The van der Waals surface area contributed by atoms with Gasteiger partial charge in [0, 0.05) is 24.3 Å². The number of hydrogen-bond acceptors (Lipinski definition) is 5. The fourth-order valence-electron chi connectivity index (χ4n) is 3.84. The second-order valence-corrected chi connectivity index (χ2v) is 9.09. The van der Waals surface area contributed by atoms with Crippen molar-refractivity contribution in [1.29, 1.82) is 0 Å². The van der Waals surface area contributed by atoms with E-state index in [0.717, 1.165) is 15.3 Å². The maximum absolute atomic E-state index is 13.0. The van der Waals surface area contributed by atoms with Gasteiger partial charge in [0.05, 0.1) is 10.6 Å². The van der Waals surface area contributed by atoms with E-state index in [1.807, 2.05) is 53.2 Å². The van der Waals surface area contributed by atoms with Crippen molar-refractivity contribution >= 4 is 32.5 Å². The molecule has 3 aromatic carbocycles. The number of esters is 1. The summed E-state index contributed by atoms with van der Waals surface area (Å²) in [5.74, 6) is -0.0467. The molecular formula is C23H19N3O4S. The number of aromatic nitrogens is 2. The number of anilines is 1. The minimum atomic E-state index is -3.80. The molecule has 0 bridgehead atoms. The maximum atomic E-state index is 13.0. The number of carbonyl (C=O) groups is 1. The predicted molar refractivity (Wildman–Crippen MR) is 116 cm³/mol. The van der Waals surface area contributed by atoms with Gasteiger partial charge in [-0.1, -0.05) is 54.6 Å². The molecule has 0 spiro atoms. The van der Waals surface area contributed by atoms with E-state index in [9.17, 15) is 13.2 Å². The van der Waals surface area contributed by atoms with Crippen LogP contribution in [0.15, 0.2) is 84.0 Å². The smallest absolute Gasteiger partial charge is 0.327 e. The highest BCUT2D eigenvalue weighted by Gasteiger charge is 2.37. The first kappa shape index (κ1) is 19.3. The van der Waals surface area contributed by atoms with Crippen LogP contribution < -0.4 is 4.31 Å². The van der Waals surface area contributed by atoms with Gasteiger partial charge in [0.2, 0.25) is 0 Å². The number of sulfonamides is 1. The van der Waals surface area contributed by atoms with E-state index in [1.54, 1.807) is 30.5 Å². The zero-order chi connectivity index (χ0) is 21.4. The molecular weight excluding hydrogens is 414 g/mol. The van der Waals surface area contributed by atoms with Crippen molar-refractivity contribution in [3.05, 3.63) is 90.5 Å². The largest absolute Gasteiger partial charge is 0.456 e. The van der Waals surface area contributed by atoms with Crippen LogP contribution in [0.5, 0.6) is 0 Å². The normalized spacial score (nSPS) is 14.1. The van der Waals surface area contributed by atoms with Gasteiger partial charge >= 0.3 is 5.97 Å². The quantitative estimate of drug-likeness (QED) is 0.436. The highest BCUT2D eigenvalue weighted by molar-refractivity contribution is 7.93. The fourth-order valence-corrected chi connectivity index (χ4v) is 5.50. The predicted octanol–water partition coefficient (Wildman–Crippen LogP) is 3.34. The molecule has 1 aliphatic heterocycles. The summed E-state index contributed by atoms with van der Waals surface area (Å²) < 4.78 is 34.4. The Morgan fingerprint density at radius 2 is 1.74 bits per heavy atom. The lowest BCUT2D eigenvalue weighted by molar-refractivity contribution is -0.143. The zero-order valence-corrected chi connectivity index (χ0v) is 17.3. The number of carbonyl (C=O) groups excluding carboxylic acids is 1. The van der Waals surface area contributed by atoms with Gasteiger partial charge in [-0.25, -0.2) is 13.4 Å².